The Morgan fingerprint density at radius 2 is 1.69 bits per heavy atom. The molecule has 0 spiro atoms. The van der Waals surface area contributed by atoms with Gasteiger partial charge in [0.1, 0.15) is 17.0 Å². The minimum absolute atomic E-state index is 0.0719. The lowest BCUT2D eigenvalue weighted by Crippen LogP contribution is -2.41. The van der Waals surface area contributed by atoms with Crippen LogP contribution in [0, 0.1) is 33.5 Å². The molecule has 3 unspecified atom stereocenters. The molecule has 1 aromatic rings. The van der Waals surface area contributed by atoms with E-state index in [9.17, 15) is 10.5 Å². The smallest absolute Gasteiger partial charge is 0.292 e. The molecule has 0 amide bonds. The molecule has 7 nitrogen and oxygen atoms in total. The van der Waals surface area contributed by atoms with Crippen LogP contribution in [0.25, 0.3) is 0 Å². The van der Waals surface area contributed by atoms with Gasteiger partial charge in [0.25, 0.3) is 5.91 Å². The second-order valence-electron chi connectivity index (χ2n) is 7.59. The van der Waals surface area contributed by atoms with Crippen molar-refractivity contribution in [2.75, 3.05) is 20.8 Å². The highest BCUT2D eigenvalue weighted by molar-refractivity contribution is 6.00. The van der Waals surface area contributed by atoms with E-state index in [1.807, 2.05) is 24.3 Å². The van der Waals surface area contributed by atoms with Gasteiger partial charge in [0.2, 0.25) is 0 Å². The number of nitrogens with two attached hydrogens (primary N) is 1. The zero-order valence-corrected chi connectivity index (χ0v) is 17.3. The van der Waals surface area contributed by atoms with Gasteiger partial charge in [-0.25, -0.2) is 4.99 Å². The first-order valence-electron chi connectivity index (χ1n) is 10.0. The van der Waals surface area contributed by atoms with Crippen molar-refractivity contribution in [1.29, 1.82) is 10.5 Å². The lowest BCUT2D eigenvalue weighted by Gasteiger charge is -2.29. The molecule has 3 atom stereocenters. The first-order chi connectivity index (χ1) is 14.0. The van der Waals surface area contributed by atoms with Crippen LogP contribution in [0.5, 0.6) is 5.75 Å². The standard InChI is InChI=1S/C22H28N4O3/c1-4-5-6-7-8-13-29-17-11-9-16(10-12-17)18-20(14-23)19(25)26-22(27-2,28-3)21(18,20)15-24/h9-12,18H,4-8,13H2,1-3H3,(H2,25,26). The highest BCUT2D eigenvalue weighted by Crippen LogP contribution is 2.81. The summed E-state index contributed by atoms with van der Waals surface area (Å²) < 4.78 is 16.8. The van der Waals surface area contributed by atoms with E-state index in [0.717, 1.165) is 24.2 Å². The molecule has 0 saturated heterocycles. The van der Waals surface area contributed by atoms with Gasteiger partial charge in [-0.05, 0) is 24.1 Å². The molecule has 0 radical (unpaired) electrons. The van der Waals surface area contributed by atoms with E-state index in [-0.39, 0.29) is 5.84 Å². The molecular weight excluding hydrogens is 368 g/mol. The first-order valence-corrected chi connectivity index (χ1v) is 10.0. The van der Waals surface area contributed by atoms with Gasteiger partial charge in [0.15, 0.2) is 5.41 Å². The fourth-order valence-corrected chi connectivity index (χ4v) is 4.67. The number of hydrogen-bond acceptors (Lipinski definition) is 7. The van der Waals surface area contributed by atoms with Crippen molar-refractivity contribution in [3.05, 3.63) is 29.8 Å². The van der Waals surface area contributed by atoms with Crippen LogP contribution in [0.4, 0.5) is 0 Å². The van der Waals surface area contributed by atoms with Gasteiger partial charge < -0.3 is 19.9 Å². The number of methoxy groups -OCH3 is 2. The number of hydrogen-bond donors (Lipinski definition) is 1. The fourth-order valence-electron chi connectivity index (χ4n) is 4.67. The Bertz CT molecular complexity index is 850. The largest absolute Gasteiger partial charge is 0.494 e. The normalized spacial score (nSPS) is 28.7. The summed E-state index contributed by atoms with van der Waals surface area (Å²) in [4.78, 5) is 4.22. The van der Waals surface area contributed by atoms with E-state index in [2.05, 4.69) is 24.1 Å². The van der Waals surface area contributed by atoms with Crippen molar-refractivity contribution < 1.29 is 14.2 Å². The lowest BCUT2D eigenvalue weighted by molar-refractivity contribution is -0.230. The molecule has 1 aliphatic carbocycles. The molecule has 2 N–H and O–H groups in total. The van der Waals surface area contributed by atoms with E-state index in [4.69, 9.17) is 19.9 Å². The maximum atomic E-state index is 10.1. The van der Waals surface area contributed by atoms with Crippen LogP contribution in [0.2, 0.25) is 0 Å². The maximum absolute atomic E-state index is 10.1. The summed E-state index contributed by atoms with van der Waals surface area (Å²) in [5, 5.41) is 20.0. The predicted octanol–water partition coefficient (Wildman–Crippen LogP) is 3.47. The van der Waals surface area contributed by atoms with Gasteiger partial charge in [0.05, 0.1) is 18.7 Å². The molecule has 1 saturated carbocycles. The Morgan fingerprint density at radius 3 is 2.24 bits per heavy atom. The first kappa shape index (κ1) is 21.1. The van der Waals surface area contributed by atoms with Gasteiger partial charge in [-0.15, -0.1) is 0 Å². The summed E-state index contributed by atoms with van der Waals surface area (Å²) >= 11 is 0. The number of nitriles is 2. The van der Waals surface area contributed by atoms with Crippen LogP contribution in [0.3, 0.4) is 0 Å². The van der Waals surface area contributed by atoms with Gasteiger partial charge >= 0.3 is 0 Å². The van der Waals surface area contributed by atoms with Crippen molar-refractivity contribution in [2.45, 2.75) is 50.9 Å². The topological polar surface area (TPSA) is 114 Å². The van der Waals surface area contributed by atoms with E-state index in [1.54, 1.807) is 0 Å². The lowest BCUT2D eigenvalue weighted by atomic mass is 9.93. The third kappa shape index (κ3) is 2.80. The van der Waals surface area contributed by atoms with Gasteiger partial charge in [-0.2, -0.15) is 10.5 Å². The molecule has 1 heterocycles. The number of rotatable bonds is 10. The van der Waals surface area contributed by atoms with Crippen molar-refractivity contribution in [1.82, 2.24) is 0 Å². The van der Waals surface area contributed by atoms with E-state index < -0.39 is 22.7 Å². The Balaban J connectivity index is 1.77. The number of amidine groups is 1. The molecule has 1 fully saturated rings. The van der Waals surface area contributed by atoms with E-state index >= 15 is 0 Å². The minimum atomic E-state index is -1.60. The SMILES string of the molecule is CCCCCCCOc1ccc(C2C3(C#N)C(N)=NC(OC)(OC)C23C#N)cc1. The highest BCUT2D eigenvalue weighted by atomic mass is 16.7. The van der Waals surface area contributed by atoms with Crippen LogP contribution < -0.4 is 10.5 Å². The van der Waals surface area contributed by atoms with Crippen molar-refractivity contribution >= 4 is 5.84 Å². The minimum Gasteiger partial charge on any atom is -0.494 e. The number of fused-ring (bicyclic) bond motifs is 1. The third-order valence-electron chi connectivity index (χ3n) is 6.21. The molecule has 7 heteroatoms. The zero-order valence-electron chi connectivity index (χ0n) is 17.3. The molecule has 2 aliphatic rings. The maximum Gasteiger partial charge on any atom is 0.292 e. The highest BCUT2D eigenvalue weighted by Gasteiger charge is 2.93. The molecule has 154 valence electrons. The molecular formula is C22H28N4O3. The summed E-state index contributed by atoms with van der Waals surface area (Å²) in [5.41, 5.74) is 4.33. The van der Waals surface area contributed by atoms with E-state index in [1.165, 1.54) is 33.5 Å². The second-order valence-corrected chi connectivity index (χ2v) is 7.59. The number of aliphatic imine (C=N–C) groups is 1. The predicted molar refractivity (Wildman–Crippen MR) is 108 cm³/mol. The summed E-state index contributed by atoms with van der Waals surface area (Å²) in [6, 6.07) is 12.0. The average Bonchev–Trinajstić information content (AvgIpc) is 3.33. The van der Waals surface area contributed by atoms with Gasteiger partial charge in [-0.1, -0.05) is 44.7 Å². The van der Waals surface area contributed by atoms with Crippen molar-refractivity contribution in [2.24, 2.45) is 21.6 Å². The Morgan fingerprint density at radius 1 is 1.03 bits per heavy atom. The molecule has 0 aromatic heterocycles. The van der Waals surface area contributed by atoms with Crippen LogP contribution in [-0.2, 0) is 9.47 Å². The third-order valence-corrected chi connectivity index (χ3v) is 6.21. The fraction of sp³-hybridized carbons (Fsp3) is 0.591. The molecule has 3 rings (SSSR count). The Hall–Kier alpha value is -2.61. The number of unbranched alkanes of at least 4 members (excludes halogenated alkanes) is 4. The summed E-state index contributed by atoms with van der Waals surface area (Å²) in [6.07, 6.45) is 5.90. The second kappa shape index (κ2) is 8.02. The van der Waals surface area contributed by atoms with E-state index in [0.29, 0.717) is 6.61 Å². The van der Waals surface area contributed by atoms with Gasteiger partial charge in [-0.3, -0.25) is 0 Å². The van der Waals surface area contributed by atoms with Crippen molar-refractivity contribution in [3.8, 4) is 17.9 Å². The average molecular weight is 396 g/mol. The number of ether oxygens (including phenoxy) is 3. The van der Waals surface area contributed by atoms with Crippen LogP contribution in [0.1, 0.15) is 50.5 Å². The van der Waals surface area contributed by atoms with Gasteiger partial charge in [0, 0.05) is 20.1 Å². The summed E-state index contributed by atoms with van der Waals surface area (Å²) in [7, 11) is 2.80. The quantitative estimate of drug-likeness (QED) is 0.478. The number of nitrogens with zero attached hydrogens (tertiary/aromatic N) is 3. The molecule has 1 aliphatic heterocycles. The van der Waals surface area contributed by atoms with Crippen LogP contribution >= 0.6 is 0 Å². The molecule has 1 aromatic carbocycles. The molecule has 29 heavy (non-hydrogen) atoms. The monoisotopic (exact) mass is 396 g/mol. The summed E-state index contributed by atoms with van der Waals surface area (Å²) in [5.74, 6) is -1.26. The number of benzene rings is 1. The zero-order chi connectivity index (χ0) is 21.1. The summed E-state index contributed by atoms with van der Waals surface area (Å²) in [6.45, 7) is 2.87. The van der Waals surface area contributed by atoms with Crippen LogP contribution in [-0.4, -0.2) is 32.6 Å². The Kier molecular flexibility index (Phi) is 5.84. The molecule has 0 bridgehead atoms. The van der Waals surface area contributed by atoms with Crippen LogP contribution in [0.15, 0.2) is 29.3 Å². The van der Waals surface area contributed by atoms with Crippen molar-refractivity contribution in [3.63, 3.8) is 0 Å². The Labute approximate surface area is 172 Å².